The van der Waals surface area contributed by atoms with Crippen molar-refractivity contribution in [2.24, 2.45) is 35.0 Å². The van der Waals surface area contributed by atoms with Crippen LogP contribution in [-0.4, -0.2) is 112 Å². The van der Waals surface area contributed by atoms with Crippen molar-refractivity contribution in [2.75, 3.05) is 19.4 Å². The van der Waals surface area contributed by atoms with Gasteiger partial charge in [-0.3, -0.25) is 33.6 Å². The Hall–Kier alpha value is -6.39. The van der Waals surface area contributed by atoms with Crippen molar-refractivity contribution in [3.63, 3.8) is 0 Å². The highest BCUT2D eigenvalue weighted by molar-refractivity contribution is 5.98. The Morgan fingerprint density at radius 1 is 0.630 bits per heavy atom. The standard InChI is InChI=1S/C64H98N4O13/c1-39(2)48(34-41(5)49(69)36-44(57(75)80-62(13,14)15)30-33-52(72)79-61(10,11)12)67(21)56(74)47(60(7,8)9)37-51(71)54(64(19,20)45-26-24-23-25-27-45)68(22)59(77)78-38-43-28-31-46(32-29-43)65-55(73)42(6)35-50(70)53(40(3)4)66-58(76)81-63(16,17)18/h23-29,31-32,34,39-40,42,44,47-48,53-54H,30,33,35-38H2,1-22H3,(H,65,73)(H,66,76)/b41-34+/t42-,44+,47-,48-,53+,54-/m1/s1. The molecular formula is C64H98N4O13. The first-order chi connectivity index (χ1) is 36.9. The number of ketones is 3. The zero-order valence-corrected chi connectivity index (χ0v) is 52.8. The molecule has 2 N–H and O–H groups in total. The van der Waals surface area contributed by atoms with E-state index in [9.17, 15) is 38.4 Å². The number of carbonyl (C=O) groups is 9. The lowest BCUT2D eigenvalue weighted by molar-refractivity contribution is -0.162. The van der Waals surface area contributed by atoms with Crippen molar-refractivity contribution in [1.29, 1.82) is 0 Å². The van der Waals surface area contributed by atoms with E-state index in [1.807, 2.05) is 78.8 Å². The molecule has 17 nitrogen and oxygen atoms in total. The summed E-state index contributed by atoms with van der Waals surface area (Å²) in [5.74, 6) is -5.86. The van der Waals surface area contributed by atoms with Gasteiger partial charge in [-0.05, 0) is 122 Å². The third-order valence-corrected chi connectivity index (χ3v) is 13.8. The number of carbonyl (C=O) groups excluding carboxylic acids is 9. The Kier molecular flexibility index (Phi) is 25.8. The van der Waals surface area contributed by atoms with E-state index in [2.05, 4.69) is 10.6 Å². The second-order valence-electron chi connectivity index (χ2n) is 26.9. The summed E-state index contributed by atoms with van der Waals surface area (Å²) in [5, 5.41) is 5.46. The molecule has 0 heterocycles. The number of esters is 2. The number of rotatable bonds is 26. The lowest BCUT2D eigenvalue weighted by Crippen LogP contribution is -2.55. The van der Waals surface area contributed by atoms with E-state index in [0.717, 1.165) is 5.56 Å². The Morgan fingerprint density at radius 2 is 1.17 bits per heavy atom. The molecule has 0 bridgehead atoms. The highest BCUT2D eigenvalue weighted by atomic mass is 16.6. The second-order valence-corrected chi connectivity index (χ2v) is 26.9. The predicted molar refractivity (Wildman–Crippen MR) is 315 cm³/mol. The van der Waals surface area contributed by atoms with Crippen molar-refractivity contribution in [3.8, 4) is 0 Å². The van der Waals surface area contributed by atoms with Gasteiger partial charge in [0.1, 0.15) is 29.5 Å². The van der Waals surface area contributed by atoms with Crippen molar-refractivity contribution in [1.82, 2.24) is 15.1 Å². The van der Waals surface area contributed by atoms with Gasteiger partial charge in [0.05, 0.1) is 18.0 Å². The SMILES string of the molecule is C/C(=C\[C@H](C(C)C)N(C)C(=O)[C@@H](CC(=O)[C@@H](N(C)C(=O)OCc1ccc(NC(=O)[C@H](C)CC(=O)[C@@H](NC(=O)OC(C)(C)C)C(C)C)cc1)C(C)(C)c1ccccc1)C(C)(C)C)C(=O)C[C@H](CCC(=O)OC(C)(C)C)C(=O)OC(C)(C)C. The molecule has 17 heteroatoms. The molecular weight excluding hydrogens is 1030 g/mol. The molecule has 0 saturated carbocycles. The minimum absolute atomic E-state index is 0.0364. The number of hydrogen-bond acceptors (Lipinski definition) is 13. The molecule has 452 valence electrons. The van der Waals surface area contributed by atoms with E-state index in [0.29, 0.717) is 16.8 Å². The lowest BCUT2D eigenvalue weighted by Gasteiger charge is -2.41. The van der Waals surface area contributed by atoms with Gasteiger partial charge in [0, 0.05) is 62.7 Å². The first-order valence-electron chi connectivity index (χ1n) is 28.3. The molecule has 0 spiro atoms. The number of nitrogens with one attached hydrogen (secondary N) is 2. The molecule has 0 aliphatic rings. The number of anilines is 1. The van der Waals surface area contributed by atoms with Crippen LogP contribution in [0.15, 0.2) is 66.2 Å². The highest BCUT2D eigenvalue weighted by Crippen LogP contribution is 2.37. The zero-order valence-electron chi connectivity index (χ0n) is 52.8. The maximum absolute atomic E-state index is 15.1. The Bertz CT molecular complexity index is 2520. The third kappa shape index (κ3) is 23.5. The Balaban J connectivity index is 2.37. The Labute approximate surface area is 483 Å². The highest BCUT2D eigenvalue weighted by Gasteiger charge is 2.46. The number of nitrogens with zero attached hydrogens (tertiary/aromatic N) is 2. The average Bonchev–Trinajstić information content (AvgIpc) is 3.32. The fraction of sp³-hybridized carbons (Fsp3) is 0.641. The van der Waals surface area contributed by atoms with Crippen LogP contribution in [0.4, 0.5) is 15.3 Å². The molecule has 2 aromatic carbocycles. The van der Waals surface area contributed by atoms with Gasteiger partial charge >= 0.3 is 24.1 Å². The van der Waals surface area contributed by atoms with E-state index in [-0.39, 0.29) is 73.8 Å². The minimum Gasteiger partial charge on any atom is -0.460 e. The maximum Gasteiger partial charge on any atom is 0.410 e. The normalized spacial score (nSPS) is 14.8. The largest absolute Gasteiger partial charge is 0.460 e. The first-order valence-corrected chi connectivity index (χ1v) is 28.3. The molecule has 0 radical (unpaired) electrons. The molecule has 2 aromatic rings. The zero-order chi connectivity index (χ0) is 62.3. The van der Waals surface area contributed by atoms with Crippen LogP contribution < -0.4 is 10.6 Å². The molecule has 4 amide bonds. The van der Waals surface area contributed by atoms with Crippen molar-refractivity contribution < 1.29 is 62.1 Å². The summed E-state index contributed by atoms with van der Waals surface area (Å²) < 4.78 is 22.3. The number of Topliss-reactive ketones (excluding diaryl/α,β-unsaturated/α-hetero) is 3. The predicted octanol–water partition coefficient (Wildman–Crippen LogP) is 11.8. The van der Waals surface area contributed by atoms with Gasteiger partial charge in [-0.1, -0.05) is 118 Å². The van der Waals surface area contributed by atoms with Crippen LogP contribution in [0.3, 0.4) is 0 Å². The summed E-state index contributed by atoms with van der Waals surface area (Å²) in [7, 11) is 3.15. The monoisotopic (exact) mass is 1130 g/mol. The molecule has 0 saturated heterocycles. The van der Waals surface area contributed by atoms with E-state index in [4.69, 9.17) is 18.9 Å². The maximum atomic E-state index is 15.1. The van der Waals surface area contributed by atoms with Gasteiger partial charge in [0.15, 0.2) is 17.3 Å². The molecule has 2 rings (SSSR count). The third-order valence-electron chi connectivity index (χ3n) is 13.8. The van der Waals surface area contributed by atoms with Crippen molar-refractivity contribution in [2.45, 2.75) is 218 Å². The van der Waals surface area contributed by atoms with E-state index in [1.165, 1.54) is 11.9 Å². The molecule has 0 unspecified atom stereocenters. The quantitative estimate of drug-likeness (QED) is 0.0509. The van der Waals surface area contributed by atoms with Crippen LogP contribution in [0, 0.1) is 35.0 Å². The summed E-state index contributed by atoms with van der Waals surface area (Å²) >= 11 is 0. The molecule has 81 heavy (non-hydrogen) atoms. The summed E-state index contributed by atoms with van der Waals surface area (Å²) in [5.41, 5.74) is -1.93. The number of hydrogen-bond donors (Lipinski definition) is 2. The minimum atomic E-state index is -1.11. The molecule has 0 aliphatic carbocycles. The summed E-state index contributed by atoms with van der Waals surface area (Å²) in [4.78, 5) is 126. The number of benzene rings is 2. The van der Waals surface area contributed by atoms with Gasteiger partial charge in [-0.25, -0.2) is 9.59 Å². The van der Waals surface area contributed by atoms with Gasteiger partial charge in [-0.2, -0.15) is 0 Å². The van der Waals surface area contributed by atoms with Crippen molar-refractivity contribution in [3.05, 3.63) is 77.4 Å². The fourth-order valence-corrected chi connectivity index (χ4v) is 9.33. The van der Waals surface area contributed by atoms with Gasteiger partial charge < -0.3 is 39.4 Å². The smallest absolute Gasteiger partial charge is 0.410 e. The summed E-state index contributed by atoms with van der Waals surface area (Å²) in [6, 6.07) is 13.4. The number of amides is 4. The number of ether oxygens (including phenoxy) is 4. The van der Waals surface area contributed by atoms with Gasteiger partial charge in [0.25, 0.3) is 0 Å². The molecule has 0 aromatic heterocycles. The van der Waals surface area contributed by atoms with Crippen molar-refractivity contribution >= 4 is 59.0 Å². The van der Waals surface area contributed by atoms with E-state index >= 15 is 4.79 Å². The van der Waals surface area contributed by atoms with E-state index < -0.39 is 93.5 Å². The summed E-state index contributed by atoms with van der Waals surface area (Å²) in [6.45, 7) is 35.5. The number of allylic oxidation sites excluding steroid dienone is 1. The number of likely N-dealkylation sites (N-methyl/N-ethyl adjacent to an activating group) is 2. The van der Waals surface area contributed by atoms with Crippen LogP contribution in [0.2, 0.25) is 0 Å². The second kappa shape index (κ2) is 29.5. The van der Waals surface area contributed by atoms with Crippen LogP contribution in [-0.2, 0) is 64.5 Å². The average molecular weight is 1130 g/mol. The summed E-state index contributed by atoms with van der Waals surface area (Å²) in [6.07, 6.45) is -0.437. The molecule has 0 aliphatic heterocycles. The fourth-order valence-electron chi connectivity index (χ4n) is 9.33. The van der Waals surface area contributed by atoms with Crippen LogP contribution in [0.1, 0.15) is 182 Å². The van der Waals surface area contributed by atoms with Crippen LogP contribution in [0.5, 0.6) is 0 Å². The first kappa shape index (κ1) is 70.7. The van der Waals surface area contributed by atoms with Gasteiger partial charge in [0.2, 0.25) is 11.8 Å². The van der Waals surface area contributed by atoms with E-state index in [1.54, 1.807) is 132 Å². The molecule has 0 fully saturated rings. The van der Waals surface area contributed by atoms with Gasteiger partial charge in [-0.15, -0.1) is 0 Å². The number of alkyl carbamates (subject to hydrolysis) is 1. The van der Waals surface area contributed by atoms with Crippen LogP contribution in [0.25, 0.3) is 0 Å². The van der Waals surface area contributed by atoms with Crippen LogP contribution >= 0.6 is 0 Å². The topological polar surface area (TPSA) is 221 Å². The molecule has 6 atom stereocenters. The Morgan fingerprint density at radius 3 is 1.67 bits per heavy atom. The lowest BCUT2D eigenvalue weighted by atomic mass is 9.71.